The normalized spacial score (nSPS) is 19.0. The van der Waals surface area contributed by atoms with Gasteiger partial charge in [-0.3, -0.25) is 0 Å². The Balaban J connectivity index is 1.54. The standard InChI is InChI=1S/C20H32N2O2/c1-23-19-14-17(13-16-7-2-3-8-16)18(21)15-20(19)24-12-6-11-22-9-4-5-10-22/h14-16H,2-13,21H2,1H3. The molecule has 2 N–H and O–H groups in total. The van der Waals surface area contributed by atoms with Crippen molar-refractivity contribution in [1.82, 2.24) is 4.90 Å². The Morgan fingerprint density at radius 1 is 1.08 bits per heavy atom. The minimum Gasteiger partial charge on any atom is -0.493 e. The maximum absolute atomic E-state index is 6.28. The summed E-state index contributed by atoms with van der Waals surface area (Å²) in [6, 6.07) is 4.04. The number of anilines is 1. The predicted molar refractivity (Wildman–Crippen MR) is 98.9 cm³/mol. The van der Waals surface area contributed by atoms with E-state index in [1.807, 2.05) is 6.07 Å². The van der Waals surface area contributed by atoms with Crippen molar-refractivity contribution in [2.45, 2.75) is 51.4 Å². The number of nitrogen functional groups attached to an aromatic ring is 1. The molecule has 0 aromatic heterocycles. The molecule has 1 saturated carbocycles. The summed E-state index contributed by atoms with van der Waals surface area (Å²) in [6.07, 6.45) is 10.2. The van der Waals surface area contributed by atoms with E-state index in [1.54, 1.807) is 7.11 Å². The largest absolute Gasteiger partial charge is 0.493 e. The van der Waals surface area contributed by atoms with Crippen molar-refractivity contribution in [3.63, 3.8) is 0 Å². The Hall–Kier alpha value is -1.42. The highest BCUT2D eigenvalue weighted by molar-refractivity contribution is 5.58. The minimum absolute atomic E-state index is 0.717. The zero-order chi connectivity index (χ0) is 16.8. The van der Waals surface area contributed by atoms with Gasteiger partial charge in [0, 0.05) is 18.3 Å². The molecule has 0 bridgehead atoms. The van der Waals surface area contributed by atoms with Crippen LogP contribution < -0.4 is 15.2 Å². The van der Waals surface area contributed by atoms with E-state index in [1.165, 1.54) is 57.2 Å². The third-order valence-corrected chi connectivity index (χ3v) is 5.48. The van der Waals surface area contributed by atoms with Gasteiger partial charge in [0.2, 0.25) is 0 Å². The van der Waals surface area contributed by atoms with E-state index in [-0.39, 0.29) is 0 Å². The van der Waals surface area contributed by atoms with Gasteiger partial charge in [0.05, 0.1) is 13.7 Å². The van der Waals surface area contributed by atoms with E-state index in [0.29, 0.717) is 6.61 Å². The van der Waals surface area contributed by atoms with Crippen LogP contribution >= 0.6 is 0 Å². The van der Waals surface area contributed by atoms with Crippen LogP contribution in [0.2, 0.25) is 0 Å². The highest BCUT2D eigenvalue weighted by Gasteiger charge is 2.18. The molecule has 0 atom stereocenters. The highest BCUT2D eigenvalue weighted by atomic mass is 16.5. The van der Waals surface area contributed by atoms with Crippen LogP contribution in [0.25, 0.3) is 0 Å². The van der Waals surface area contributed by atoms with Gasteiger partial charge in [-0.1, -0.05) is 25.7 Å². The summed E-state index contributed by atoms with van der Waals surface area (Å²) in [4.78, 5) is 2.51. The van der Waals surface area contributed by atoms with Crippen molar-refractivity contribution in [2.75, 3.05) is 39.1 Å². The zero-order valence-corrected chi connectivity index (χ0v) is 15.1. The second-order valence-electron chi connectivity index (χ2n) is 7.31. The lowest BCUT2D eigenvalue weighted by molar-refractivity contribution is 0.254. The van der Waals surface area contributed by atoms with E-state index < -0.39 is 0 Å². The summed E-state index contributed by atoms with van der Waals surface area (Å²) in [6.45, 7) is 4.32. The number of nitrogens with zero attached hydrogens (tertiary/aromatic N) is 1. The number of hydrogen-bond donors (Lipinski definition) is 1. The van der Waals surface area contributed by atoms with Crippen LogP contribution in [0.3, 0.4) is 0 Å². The minimum atomic E-state index is 0.717. The van der Waals surface area contributed by atoms with Crippen molar-refractivity contribution in [3.05, 3.63) is 17.7 Å². The van der Waals surface area contributed by atoms with Crippen molar-refractivity contribution >= 4 is 5.69 Å². The lowest BCUT2D eigenvalue weighted by Crippen LogP contribution is -2.22. The first-order valence-electron chi connectivity index (χ1n) is 9.58. The van der Waals surface area contributed by atoms with Crippen LogP contribution in [-0.2, 0) is 6.42 Å². The molecule has 1 saturated heterocycles. The molecular formula is C20H32N2O2. The molecule has 1 aliphatic carbocycles. The molecule has 1 aromatic carbocycles. The van der Waals surface area contributed by atoms with Gasteiger partial charge in [0.1, 0.15) is 0 Å². The van der Waals surface area contributed by atoms with Gasteiger partial charge in [-0.2, -0.15) is 0 Å². The zero-order valence-electron chi connectivity index (χ0n) is 15.1. The van der Waals surface area contributed by atoms with Crippen molar-refractivity contribution in [3.8, 4) is 11.5 Å². The first-order valence-corrected chi connectivity index (χ1v) is 9.58. The van der Waals surface area contributed by atoms with E-state index in [9.17, 15) is 0 Å². The number of benzene rings is 1. The summed E-state index contributed by atoms with van der Waals surface area (Å²) in [7, 11) is 1.71. The molecule has 1 heterocycles. The fourth-order valence-electron chi connectivity index (χ4n) is 4.07. The number of ether oxygens (including phenoxy) is 2. The fraction of sp³-hybridized carbons (Fsp3) is 0.700. The predicted octanol–water partition coefficient (Wildman–Crippen LogP) is 3.87. The SMILES string of the molecule is COc1cc(CC2CCCC2)c(N)cc1OCCCN1CCCC1. The second kappa shape index (κ2) is 8.61. The molecule has 4 nitrogen and oxygen atoms in total. The molecule has 1 aliphatic heterocycles. The monoisotopic (exact) mass is 332 g/mol. The Labute approximate surface area is 146 Å². The molecule has 2 aliphatic rings. The topological polar surface area (TPSA) is 47.7 Å². The number of hydrogen-bond acceptors (Lipinski definition) is 4. The third kappa shape index (κ3) is 4.56. The molecule has 4 heteroatoms. The van der Waals surface area contributed by atoms with Gasteiger partial charge in [0.15, 0.2) is 11.5 Å². The van der Waals surface area contributed by atoms with Crippen molar-refractivity contribution < 1.29 is 9.47 Å². The Morgan fingerprint density at radius 2 is 1.83 bits per heavy atom. The van der Waals surface area contributed by atoms with Gasteiger partial charge < -0.3 is 20.1 Å². The van der Waals surface area contributed by atoms with Gasteiger partial charge >= 0.3 is 0 Å². The molecule has 0 amide bonds. The maximum atomic E-state index is 6.28. The van der Waals surface area contributed by atoms with Gasteiger partial charge in [0.25, 0.3) is 0 Å². The third-order valence-electron chi connectivity index (χ3n) is 5.48. The lowest BCUT2D eigenvalue weighted by Gasteiger charge is -2.17. The van der Waals surface area contributed by atoms with E-state index in [0.717, 1.165) is 42.5 Å². The number of rotatable bonds is 8. The summed E-state index contributed by atoms with van der Waals surface area (Å²) in [5, 5.41) is 0. The van der Waals surface area contributed by atoms with Gasteiger partial charge in [-0.15, -0.1) is 0 Å². The maximum Gasteiger partial charge on any atom is 0.163 e. The average molecular weight is 332 g/mol. The van der Waals surface area contributed by atoms with Crippen molar-refractivity contribution in [2.24, 2.45) is 5.92 Å². The second-order valence-corrected chi connectivity index (χ2v) is 7.31. The first-order chi connectivity index (χ1) is 11.8. The molecule has 24 heavy (non-hydrogen) atoms. The first kappa shape index (κ1) is 17.4. The summed E-state index contributed by atoms with van der Waals surface area (Å²) in [5.41, 5.74) is 8.34. The van der Waals surface area contributed by atoms with E-state index >= 15 is 0 Å². The van der Waals surface area contributed by atoms with Crippen LogP contribution in [0.1, 0.15) is 50.5 Å². The highest BCUT2D eigenvalue weighted by Crippen LogP contribution is 2.36. The van der Waals surface area contributed by atoms with Crippen molar-refractivity contribution in [1.29, 1.82) is 0 Å². The molecule has 2 fully saturated rings. The van der Waals surface area contributed by atoms with Gasteiger partial charge in [-0.05, 0) is 56.3 Å². The number of likely N-dealkylation sites (tertiary alicyclic amines) is 1. The molecule has 0 radical (unpaired) electrons. The summed E-state index contributed by atoms with van der Waals surface area (Å²) in [5.74, 6) is 2.38. The number of methoxy groups -OCH3 is 1. The molecule has 1 aromatic rings. The summed E-state index contributed by atoms with van der Waals surface area (Å²) >= 11 is 0. The van der Waals surface area contributed by atoms with Crippen LogP contribution in [0, 0.1) is 5.92 Å². The average Bonchev–Trinajstić information content (AvgIpc) is 3.27. The summed E-state index contributed by atoms with van der Waals surface area (Å²) < 4.78 is 11.5. The Kier molecular flexibility index (Phi) is 6.24. The fourth-order valence-corrected chi connectivity index (χ4v) is 4.07. The van der Waals surface area contributed by atoms with E-state index in [2.05, 4.69) is 11.0 Å². The van der Waals surface area contributed by atoms with Crippen LogP contribution in [0.15, 0.2) is 12.1 Å². The Bertz CT molecular complexity index is 521. The van der Waals surface area contributed by atoms with Crippen LogP contribution in [0.4, 0.5) is 5.69 Å². The van der Waals surface area contributed by atoms with Gasteiger partial charge in [-0.25, -0.2) is 0 Å². The lowest BCUT2D eigenvalue weighted by atomic mass is 9.96. The molecule has 134 valence electrons. The quantitative estimate of drug-likeness (QED) is 0.580. The smallest absolute Gasteiger partial charge is 0.163 e. The Morgan fingerprint density at radius 3 is 2.54 bits per heavy atom. The van der Waals surface area contributed by atoms with E-state index in [4.69, 9.17) is 15.2 Å². The molecule has 3 rings (SSSR count). The molecule has 0 unspecified atom stereocenters. The molecular weight excluding hydrogens is 300 g/mol. The van der Waals surface area contributed by atoms with Crippen LogP contribution in [-0.4, -0.2) is 38.3 Å². The number of nitrogens with two attached hydrogens (primary N) is 1. The van der Waals surface area contributed by atoms with Crippen LogP contribution in [0.5, 0.6) is 11.5 Å². The molecule has 0 spiro atoms.